The summed E-state index contributed by atoms with van der Waals surface area (Å²) in [6.07, 6.45) is 2.38. The molecule has 0 radical (unpaired) electrons. The molecule has 0 amide bonds. The van der Waals surface area contributed by atoms with Gasteiger partial charge in [0.15, 0.2) is 5.78 Å². The molecule has 1 aliphatic heterocycles. The third kappa shape index (κ3) is 3.81. The molecule has 0 aliphatic carbocycles. The summed E-state index contributed by atoms with van der Waals surface area (Å²) in [4.78, 5) is 28.9. The van der Waals surface area contributed by atoms with Crippen LogP contribution in [0.2, 0.25) is 0 Å². The van der Waals surface area contributed by atoms with Gasteiger partial charge in [0.05, 0.1) is 17.9 Å². The molecule has 0 N–H and O–H groups in total. The van der Waals surface area contributed by atoms with E-state index in [4.69, 9.17) is 0 Å². The van der Waals surface area contributed by atoms with Gasteiger partial charge in [0.2, 0.25) is 0 Å². The lowest BCUT2D eigenvalue weighted by Gasteiger charge is -2.30. The zero-order valence-corrected chi connectivity index (χ0v) is 19.2. The Morgan fingerprint density at radius 3 is 2.48 bits per heavy atom. The first kappa shape index (κ1) is 21.4. The predicted octanol–water partition coefficient (Wildman–Crippen LogP) is 3.81. The van der Waals surface area contributed by atoms with Gasteiger partial charge in [-0.15, -0.1) is 0 Å². The predicted molar refractivity (Wildman–Crippen MR) is 124 cm³/mol. The lowest BCUT2D eigenvalue weighted by atomic mass is 9.99. The third-order valence-electron chi connectivity index (χ3n) is 6.59. The standard InChI is InChI=1S/C25H32N4O2/c1-17-10-9-13-27(15-17)16-23(30)22-14-18(2)28(19(22)3)24-20(4)26(5)29(25(24)31)21-11-7-6-8-12-21/h6-8,11-12,14,17H,9-10,13,15-16H2,1-5H3/t17-/m1/s1. The summed E-state index contributed by atoms with van der Waals surface area (Å²) >= 11 is 0. The minimum absolute atomic E-state index is 0.0862. The number of rotatable bonds is 5. The van der Waals surface area contributed by atoms with Gasteiger partial charge >= 0.3 is 0 Å². The number of likely N-dealkylation sites (tertiary alicyclic amines) is 1. The molecule has 6 nitrogen and oxygen atoms in total. The summed E-state index contributed by atoms with van der Waals surface area (Å²) < 4.78 is 5.51. The van der Waals surface area contributed by atoms with Gasteiger partial charge < -0.3 is 4.57 Å². The fourth-order valence-electron chi connectivity index (χ4n) is 4.92. The zero-order chi connectivity index (χ0) is 22.3. The summed E-state index contributed by atoms with van der Waals surface area (Å²) in [7, 11) is 1.89. The fraction of sp³-hybridized carbons (Fsp3) is 0.440. The van der Waals surface area contributed by atoms with Gasteiger partial charge in [-0.2, -0.15) is 0 Å². The topological polar surface area (TPSA) is 52.2 Å². The van der Waals surface area contributed by atoms with E-state index >= 15 is 0 Å². The molecule has 1 aromatic carbocycles. The van der Waals surface area contributed by atoms with Gasteiger partial charge in [0, 0.05) is 30.5 Å². The molecular formula is C25H32N4O2. The van der Waals surface area contributed by atoms with Crippen LogP contribution in [0, 0.1) is 26.7 Å². The van der Waals surface area contributed by atoms with Gasteiger partial charge in [-0.1, -0.05) is 25.1 Å². The molecule has 1 atom stereocenters. The second kappa shape index (κ2) is 8.35. The number of para-hydroxylation sites is 1. The van der Waals surface area contributed by atoms with Gasteiger partial charge in [-0.3, -0.25) is 19.2 Å². The smallest absolute Gasteiger partial charge is 0.295 e. The Bertz CT molecular complexity index is 1170. The maximum atomic E-state index is 13.5. The van der Waals surface area contributed by atoms with E-state index in [0.717, 1.165) is 42.3 Å². The van der Waals surface area contributed by atoms with E-state index in [1.807, 2.05) is 73.5 Å². The first-order valence-corrected chi connectivity index (χ1v) is 11.1. The largest absolute Gasteiger partial charge is 0.311 e. The Balaban J connectivity index is 1.73. The van der Waals surface area contributed by atoms with Crippen LogP contribution in [0.5, 0.6) is 0 Å². The van der Waals surface area contributed by atoms with Gasteiger partial charge in [0.1, 0.15) is 5.69 Å². The van der Waals surface area contributed by atoms with Crippen LogP contribution in [0.1, 0.15) is 47.2 Å². The highest BCUT2D eigenvalue weighted by Gasteiger charge is 2.25. The van der Waals surface area contributed by atoms with E-state index < -0.39 is 0 Å². The molecule has 3 heterocycles. The van der Waals surface area contributed by atoms with Crippen molar-refractivity contribution in [3.63, 3.8) is 0 Å². The summed E-state index contributed by atoms with van der Waals surface area (Å²) in [6.45, 7) is 10.5. The molecular weight excluding hydrogens is 388 g/mol. The lowest BCUT2D eigenvalue weighted by molar-refractivity contribution is 0.0892. The van der Waals surface area contributed by atoms with Crippen molar-refractivity contribution in [1.29, 1.82) is 0 Å². The number of hydrogen-bond donors (Lipinski definition) is 0. The first-order valence-electron chi connectivity index (χ1n) is 11.1. The fourth-order valence-corrected chi connectivity index (χ4v) is 4.92. The summed E-state index contributed by atoms with van der Waals surface area (Å²) in [5.74, 6) is 0.767. The second-order valence-electron chi connectivity index (χ2n) is 8.94. The van der Waals surface area contributed by atoms with E-state index in [1.54, 1.807) is 4.68 Å². The normalized spacial score (nSPS) is 17.3. The first-order chi connectivity index (χ1) is 14.8. The molecule has 0 saturated carbocycles. The van der Waals surface area contributed by atoms with Crippen molar-refractivity contribution in [2.45, 2.75) is 40.5 Å². The molecule has 0 unspecified atom stereocenters. The van der Waals surface area contributed by atoms with Crippen LogP contribution >= 0.6 is 0 Å². The van der Waals surface area contributed by atoms with Gasteiger partial charge in [0.25, 0.3) is 5.56 Å². The van der Waals surface area contributed by atoms with E-state index in [2.05, 4.69) is 11.8 Å². The number of carbonyl (C=O) groups is 1. The minimum atomic E-state index is -0.0862. The molecule has 31 heavy (non-hydrogen) atoms. The number of nitrogens with zero attached hydrogens (tertiary/aromatic N) is 4. The van der Waals surface area contributed by atoms with Crippen molar-refractivity contribution >= 4 is 5.78 Å². The molecule has 4 rings (SSSR count). The molecule has 1 saturated heterocycles. The van der Waals surface area contributed by atoms with Crippen molar-refractivity contribution in [3.05, 3.63) is 69.4 Å². The molecule has 3 aromatic rings. The number of benzene rings is 1. The summed E-state index contributed by atoms with van der Waals surface area (Å²) in [6, 6.07) is 11.6. The molecule has 1 fully saturated rings. The molecule has 0 bridgehead atoms. The summed E-state index contributed by atoms with van der Waals surface area (Å²) in [5, 5.41) is 0. The van der Waals surface area contributed by atoms with E-state index in [9.17, 15) is 9.59 Å². The Morgan fingerprint density at radius 2 is 1.81 bits per heavy atom. The van der Waals surface area contributed by atoms with Crippen molar-refractivity contribution in [2.24, 2.45) is 13.0 Å². The maximum Gasteiger partial charge on any atom is 0.295 e. The Morgan fingerprint density at radius 1 is 1.10 bits per heavy atom. The Hall–Kier alpha value is -2.86. The van der Waals surface area contributed by atoms with Crippen LogP contribution in [0.15, 0.2) is 41.2 Å². The number of ketones is 1. The third-order valence-corrected chi connectivity index (χ3v) is 6.59. The van der Waals surface area contributed by atoms with Crippen LogP contribution in [0.4, 0.5) is 0 Å². The second-order valence-corrected chi connectivity index (χ2v) is 8.94. The van der Waals surface area contributed by atoms with E-state index in [0.29, 0.717) is 23.7 Å². The van der Waals surface area contributed by atoms with Crippen LogP contribution < -0.4 is 5.56 Å². The van der Waals surface area contributed by atoms with Crippen molar-refractivity contribution < 1.29 is 4.79 Å². The monoisotopic (exact) mass is 420 g/mol. The van der Waals surface area contributed by atoms with Crippen molar-refractivity contribution in [3.8, 4) is 11.4 Å². The van der Waals surface area contributed by atoms with Crippen molar-refractivity contribution in [2.75, 3.05) is 19.6 Å². The van der Waals surface area contributed by atoms with Crippen LogP contribution in [0.25, 0.3) is 11.4 Å². The number of aromatic nitrogens is 3. The van der Waals surface area contributed by atoms with Crippen LogP contribution in [-0.2, 0) is 7.05 Å². The average Bonchev–Trinajstić information content (AvgIpc) is 3.14. The van der Waals surface area contributed by atoms with Crippen LogP contribution in [-0.4, -0.2) is 44.2 Å². The Kier molecular flexibility index (Phi) is 5.75. The molecule has 0 spiro atoms. The molecule has 6 heteroatoms. The highest BCUT2D eigenvalue weighted by Crippen LogP contribution is 2.24. The molecule has 1 aliphatic rings. The molecule has 164 valence electrons. The number of piperidine rings is 1. The van der Waals surface area contributed by atoms with E-state index in [1.165, 1.54) is 6.42 Å². The Labute approximate surface area is 183 Å². The van der Waals surface area contributed by atoms with E-state index in [-0.39, 0.29) is 11.3 Å². The highest BCUT2D eigenvalue weighted by atomic mass is 16.1. The number of Topliss-reactive ketones (excluding diaryl/α,β-unsaturated/α-hetero) is 1. The number of carbonyl (C=O) groups excluding carboxylic acids is 1. The average molecular weight is 421 g/mol. The SMILES string of the molecule is Cc1cc(C(=O)CN2CCC[C@@H](C)C2)c(C)n1-c1c(C)n(C)n(-c2ccccc2)c1=O. The summed E-state index contributed by atoms with van der Waals surface area (Å²) in [5.41, 5.74) is 4.65. The van der Waals surface area contributed by atoms with Gasteiger partial charge in [-0.25, -0.2) is 4.68 Å². The maximum absolute atomic E-state index is 13.5. The molecule has 2 aromatic heterocycles. The van der Waals surface area contributed by atoms with Gasteiger partial charge in [-0.05, 0) is 64.3 Å². The highest BCUT2D eigenvalue weighted by molar-refractivity contribution is 5.99. The zero-order valence-electron chi connectivity index (χ0n) is 19.2. The quantitative estimate of drug-likeness (QED) is 0.590. The van der Waals surface area contributed by atoms with Crippen LogP contribution in [0.3, 0.4) is 0 Å². The minimum Gasteiger partial charge on any atom is -0.311 e. The number of hydrogen-bond acceptors (Lipinski definition) is 3. The van der Waals surface area contributed by atoms with Crippen molar-refractivity contribution in [1.82, 2.24) is 18.8 Å². The number of aryl methyl sites for hydroxylation is 1. The lowest BCUT2D eigenvalue weighted by Crippen LogP contribution is -2.38.